The lowest BCUT2D eigenvalue weighted by molar-refractivity contribution is -0.141. The number of carboxylic acids is 1. The van der Waals surface area contributed by atoms with E-state index in [2.05, 4.69) is 5.32 Å². The second kappa shape index (κ2) is 12.0. The number of carbonyl (C=O) groups is 4. The molecule has 0 heterocycles. The van der Waals surface area contributed by atoms with E-state index in [0.29, 0.717) is 34.7 Å². The summed E-state index contributed by atoms with van der Waals surface area (Å²) in [6.07, 6.45) is 0.0726. The maximum atomic E-state index is 13.1. The summed E-state index contributed by atoms with van der Waals surface area (Å²) in [5.74, 6) is -1.91. The van der Waals surface area contributed by atoms with Gasteiger partial charge < -0.3 is 10.4 Å². The molecule has 0 aliphatic heterocycles. The molecule has 0 spiro atoms. The first-order valence-corrected chi connectivity index (χ1v) is 11.8. The second-order valence-corrected chi connectivity index (χ2v) is 9.42. The van der Waals surface area contributed by atoms with Crippen molar-refractivity contribution in [3.05, 3.63) is 108 Å². The van der Waals surface area contributed by atoms with E-state index in [4.69, 9.17) is 0 Å². The van der Waals surface area contributed by atoms with Gasteiger partial charge in [-0.15, -0.1) is 0 Å². The van der Waals surface area contributed by atoms with Crippen molar-refractivity contribution < 1.29 is 24.3 Å². The minimum absolute atomic E-state index is 0.0726. The average molecular weight is 480 g/mol. The predicted octanol–water partition coefficient (Wildman–Crippen LogP) is 4.27. The van der Waals surface area contributed by atoms with Gasteiger partial charge >= 0.3 is 5.97 Å². The van der Waals surface area contributed by atoms with Gasteiger partial charge in [-0.25, -0.2) is 4.79 Å². The topological polar surface area (TPSA) is 101 Å². The van der Waals surface area contributed by atoms with Crippen molar-refractivity contribution >= 4 is 45.6 Å². The molecule has 3 aromatic rings. The summed E-state index contributed by atoms with van der Waals surface area (Å²) in [7, 11) is 0. The van der Waals surface area contributed by atoms with Gasteiger partial charge in [-0.05, 0) is 5.56 Å². The largest absolute Gasteiger partial charge is 0.480 e. The highest BCUT2D eigenvalue weighted by Gasteiger charge is 2.31. The Bertz CT molecular complexity index is 1050. The Morgan fingerprint density at radius 2 is 1.12 bits per heavy atom. The van der Waals surface area contributed by atoms with Crippen LogP contribution in [0.15, 0.2) is 91.0 Å². The molecular weight excluding hydrogens is 458 g/mol. The lowest BCUT2D eigenvalue weighted by Gasteiger charge is -2.19. The molecule has 1 atom stereocenters. The van der Waals surface area contributed by atoms with Crippen molar-refractivity contribution in [1.29, 1.82) is 0 Å². The Morgan fingerprint density at radius 3 is 1.55 bits per heavy atom. The molecule has 0 saturated carbocycles. The smallest absolute Gasteiger partial charge is 0.326 e. The maximum Gasteiger partial charge on any atom is 0.326 e. The van der Waals surface area contributed by atoms with Gasteiger partial charge in [0.15, 0.2) is 0 Å². The Morgan fingerprint density at radius 1 is 0.697 bits per heavy atom. The zero-order valence-corrected chi connectivity index (χ0v) is 19.1. The van der Waals surface area contributed by atoms with Gasteiger partial charge in [0, 0.05) is 17.5 Å². The van der Waals surface area contributed by atoms with Crippen LogP contribution in [-0.2, 0) is 16.0 Å². The summed E-state index contributed by atoms with van der Waals surface area (Å²) in [6, 6.07) is 24.5. The van der Waals surface area contributed by atoms with Crippen LogP contribution in [0.1, 0.15) is 26.3 Å². The van der Waals surface area contributed by atoms with E-state index in [0.717, 1.165) is 5.56 Å². The number of thioether (sulfide) groups is 2. The van der Waals surface area contributed by atoms with Gasteiger partial charge in [0.25, 0.3) is 0 Å². The third-order valence-electron chi connectivity index (χ3n) is 4.56. The highest BCUT2D eigenvalue weighted by molar-refractivity contribution is 8.31. The van der Waals surface area contributed by atoms with E-state index < -0.39 is 22.5 Å². The lowest BCUT2D eigenvalue weighted by Crippen LogP contribution is -2.45. The van der Waals surface area contributed by atoms with Crippen molar-refractivity contribution in [1.82, 2.24) is 5.32 Å². The SMILES string of the molecule is O=C(SC(SC(=O)c1ccccc1)C(=O)NC(Cc1ccccc1)C(=O)O)c1ccccc1. The standard InChI is InChI=1S/C25H21NO5S2/c27-21(26-20(22(28)29)16-17-10-4-1-5-11-17)25(32-23(30)18-12-6-2-7-13-18)33-24(31)19-14-8-3-9-15-19/h1-15,20,25H,16H2,(H,26,27)(H,28,29). The number of carbonyl (C=O) groups excluding carboxylic acids is 3. The fourth-order valence-electron chi connectivity index (χ4n) is 2.90. The normalized spacial score (nSPS) is 11.5. The summed E-state index contributed by atoms with van der Waals surface area (Å²) < 4.78 is -1.16. The van der Waals surface area contributed by atoms with Crippen LogP contribution in [0.4, 0.5) is 0 Å². The van der Waals surface area contributed by atoms with E-state index in [-0.39, 0.29) is 16.7 Å². The third kappa shape index (κ3) is 7.34. The highest BCUT2D eigenvalue weighted by atomic mass is 32.2. The molecule has 8 heteroatoms. The number of hydrogen-bond donors (Lipinski definition) is 2. The molecule has 0 aliphatic rings. The van der Waals surface area contributed by atoms with Gasteiger partial charge in [-0.2, -0.15) is 0 Å². The number of amides is 1. The second-order valence-electron chi connectivity index (χ2n) is 6.96. The summed E-state index contributed by atoms with van der Waals surface area (Å²) in [4.78, 5) is 50.3. The fourth-order valence-corrected chi connectivity index (χ4v) is 4.90. The Kier molecular flexibility index (Phi) is 8.86. The molecule has 33 heavy (non-hydrogen) atoms. The fraction of sp³-hybridized carbons (Fsp3) is 0.120. The summed E-state index contributed by atoms with van der Waals surface area (Å²) >= 11 is 1.37. The Hall–Kier alpha value is -3.36. The van der Waals surface area contributed by atoms with E-state index in [1.807, 2.05) is 6.07 Å². The number of rotatable bonds is 9. The van der Waals surface area contributed by atoms with Gasteiger partial charge in [0.05, 0.1) is 0 Å². The molecule has 6 nitrogen and oxygen atoms in total. The van der Waals surface area contributed by atoms with Gasteiger partial charge in [-0.3, -0.25) is 14.4 Å². The molecule has 2 N–H and O–H groups in total. The minimum atomic E-state index is -1.21. The molecule has 1 amide bonds. The van der Waals surface area contributed by atoms with Crippen LogP contribution in [0, 0.1) is 0 Å². The molecule has 0 aliphatic carbocycles. The van der Waals surface area contributed by atoms with Crippen LogP contribution < -0.4 is 5.32 Å². The molecule has 0 saturated heterocycles. The first-order chi connectivity index (χ1) is 15.9. The molecule has 0 fully saturated rings. The van der Waals surface area contributed by atoms with Gasteiger partial charge in [0.1, 0.15) is 10.6 Å². The van der Waals surface area contributed by atoms with Crippen LogP contribution >= 0.6 is 23.5 Å². The lowest BCUT2D eigenvalue weighted by atomic mass is 10.1. The molecule has 1 unspecified atom stereocenters. The van der Waals surface area contributed by atoms with Crippen LogP contribution in [0.2, 0.25) is 0 Å². The summed E-state index contributed by atoms with van der Waals surface area (Å²) in [6.45, 7) is 0. The van der Waals surface area contributed by atoms with Gasteiger partial charge in [0.2, 0.25) is 16.1 Å². The first kappa shape index (κ1) is 24.3. The van der Waals surface area contributed by atoms with Gasteiger partial charge in [-0.1, -0.05) is 115 Å². The molecule has 0 radical (unpaired) electrons. The zero-order chi connectivity index (χ0) is 23.6. The first-order valence-electron chi connectivity index (χ1n) is 10.0. The zero-order valence-electron chi connectivity index (χ0n) is 17.4. The van der Waals surface area contributed by atoms with E-state index in [9.17, 15) is 24.3 Å². The van der Waals surface area contributed by atoms with Crippen molar-refractivity contribution in [2.75, 3.05) is 0 Å². The number of benzene rings is 3. The maximum absolute atomic E-state index is 13.1. The predicted molar refractivity (Wildman–Crippen MR) is 130 cm³/mol. The quantitative estimate of drug-likeness (QED) is 0.442. The minimum Gasteiger partial charge on any atom is -0.480 e. The molecular formula is C25H21NO5S2. The van der Waals surface area contributed by atoms with E-state index in [1.165, 1.54) is 0 Å². The number of aliphatic carboxylic acids is 1. The molecule has 0 aromatic heterocycles. The number of nitrogens with one attached hydrogen (secondary N) is 1. The highest BCUT2D eigenvalue weighted by Crippen LogP contribution is 2.30. The average Bonchev–Trinajstić information content (AvgIpc) is 2.84. The molecule has 3 rings (SSSR count). The van der Waals surface area contributed by atoms with Crippen LogP contribution in [-0.4, -0.2) is 37.8 Å². The van der Waals surface area contributed by atoms with E-state index in [1.54, 1.807) is 84.9 Å². The number of hydrogen-bond acceptors (Lipinski definition) is 6. The van der Waals surface area contributed by atoms with Crippen LogP contribution in [0.25, 0.3) is 0 Å². The molecule has 168 valence electrons. The summed E-state index contributed by atoms with van der Waals surface area (Å²) in [5.41, 5.74) is 1.50. The summed E-state index contributed by atoms with van der Waals surface area (Å²) in [5, 5.41) is 11.3. The molecule has 3 aromatic carbocycles. The van der Waals surface area contributed by atoms with Crippen molar-refractivity contribution in [2.24, 2.45) is 0 Å². The Balaban J connectivity index is 1.78. The van der Waals surface area contributed by atoms with Crippen molar-refractivity contribution in [3.63, 3.8) is 0 Å². The van der Waals surface area contributed by atoms with Crippen molar-refractivity contribution in [3.8, 4) is 0 Å². The number of carboxylic acid groups (broad SMARTS) is 1. The van der Waals surface area contributed by atoms with Crippen LogP contribution in [0.3, 0.4) is 0 Å². The third-order valence-corrected chi connectivity index (χ3v) is 6.89. The van der Waals surface area contributed by atoms with E-state index >= 15 is 0 Å². The van der Waals surface area contributed by atoms with Crippen LogP contribution in [0.5, 0.6) is 0 Å². The Labute approximate surface area is 199 Å². The monoisotopic (exact) mass is 479 g/mol. The molecule has 0 bridgehead atoms. The van der Waals surface area contributed by atoms with Crippen molar-refractivity contribution in [2.45, 2.75) is 17.0 Å².